The predicted octanol–water partition coefficient (Wildman–Crippen LogP) is 3.35. The van der Waals surface area contributed by atoms with Crippen molar-refractivity contribution in [3.8, 4) is 0 Å². The second-order valence-electron chi connectivity index (χ2n) is 7.07. The minimum atomic E-state index is -0.985. The zero-order chi connectivity index (χ0) is 20.4. The Morgan fingerprint density at radius 1 is 1.17 bits per heavy atom. The largest absolute Gasteiger partial charge is 0.465 e. The van der Waals surface area contributed by atoms with Crippen LogP contribution in [0.2, 0.25) is 0 Å². The number of unbranched alkanes of at least 4 members (excludes halogenated alkanes) is 1. The zero-order valence-corrected chi connectivity index (χ0v) is 16.6. The van der Waals surface area contributed by atoms with Crippen LogP contribution in [0.15, 0.2) is 48.8 Å². The quantitative estimate of drug-likeness (QED) is 0.475. The second-order valence-corrected chi connectivity index (χ2v) is 7.07. The number of carbonyl (C=O) groups is 2. The minimum Gasteiger partial charge on any atom is -0.465 e. The highest BCUT2D eigenvalue weighted by atomic mass is 16.5. The Labute approximate surface area is 169 Å². The highest BCUT2D eigenvalue weighted by Crippen LogP contribution is 2.41. The maximum absolute atomic E-state index is 13.5. The van der Waals surface area contributed by atoms with E-state index in [-0.39, 0.29) is 12.5 Å². The van der Waals surface area contributed by atoms with Gasteiger partial charge >= 0.3 is 5.97 Å². The van der Waals surface area contributed by atoms with Crippen molar-refractivity contribution in [2.24, 2.45) is 5.92 Å². The molecular weight excluding hydrogens is 368 g/mol. The maximum Gasteiger partial charge on any atom is 0.321 e. The summed E-state index contributed by atoms with van der Waals surface area (Å²) in [5, 5.41) is 0. The van der Waals surface area contributed by atoms with E-state index in [1.807, 2.05) is 41.0 Å². The van der Waals surface area contributed by atoms with E-state index < -0.39 is 17.9 Å². The Hall–Kier alpha value is -3.22. The molecule has 3 heterocycles. The first-order chi connectivity index (χ1) is 14.2. The molecule has 0 saturated heterocycles. The summed E-state index contributed by atoms with van der Waals surface area (Å²) in [6.07, 6.45) is 5.13. The molecule has 7 heteroatoms. The van der Waals surface area contributed by atoms with Crippen LogP contribution in [0.25, 0.3) is 11.0 Å². The van der Waals surface area contributed by atoms with Crippen molar-refractivity contribution in [1.82, 2.24) is 14.5 Å². The van der Waals surface area contributed by atoms with E-state index >= 15 is 0 Å². The molecule has 0 spiro atoms. The number of fused-ring (bicyclic) bond motifs is 3. The van der Waals surface area contributed by atoms with Gasteiger partial charge in [-0.2, -0.15) is 0 Å². The van der Waals surface area contributed by atoms with Crippen LogP contribution in [-0.4, -0.2) is 39.6 Å². The third-order valence-electron chi connectivity index (χ3n) is 5.25. The molecule has 150 valence electrons. The zero-order valence-electron chi connectivity index (χ0n) is 16.6. The second kappa shape index (κ2) is 8.03. The van der Waals surface area contributed by atoms with Crippen molar-refractivity contribution >= 4 is 28.9 Å². The molecule has 7 nitrogen and oxygen atoms in total. The number of hydrogen-bond donors (Lipinski definition) is 0. The first-order valence-corrected chi connectivity index (χ1v) is 10.0. The fourth-order valence-corrected chi connectivity index (χ4v) is 3.93. The number of esters is 1. The lowest BCUT2D eigenvalue weighted by atomic mass is 9.90. The van der Waals surface area contributed by atoms with Gasteiger partial charge in [-0.15, -0.1) is 0 Å². The number of aromatic nitrogens is 3. The van der Waals surface area contributed by atoms with E-state index in [1.165, 1.54) is 0 Å². The highest BCUT2D eigenvalue weighted by Gasteiger charge is 2.47. The molecule has 0 N–H and O–H groups in total. The van der Waals surface area contributed by atoms with E-state index in [2.05, 4.69) is 11.9 Å². The van der Waals surface area contributed by atoms with Crippen LogP contribution in [0.5, 0.6) is 0 Å². The highest BCUT2D eigenvalue weighted by molar-refractivity contribution is 6.08. The third kappa shape index (κ3) is 3.26. The van der Waals surface area contributed by atoms with Gasteiger partial charge in [-0.25, -0.2) is 4.98 Å². The molecule has 2 aromatic heterocycles. The van der Waals surface area contributed by atoms with Crippen molar-refractivity contribution in [2.75, 3.05) is 18.1 Å². The van der Waals surface area contributed by atoms with Crippen LogP contribution >= 0.6 is 0 Å². The molecule has 1 aliphatic heterocycles. The third-order valence-corrected chi connectivity index (χ3v) is 5.25. The summed E-state index contributed by atoms with van der Waals surface area (Å²) in [5.41, 5.74) is 2.44. The van der Waals surface area contributed by atoms with Crippen molar-refractivity contribution in [1.29, 1.82) is 0 Å². The van der Waals surface area contributed by atoms with Crippen molar-refractivity contribution in [3.05, 3.63) is 54.4 Å². The van der Waals surface area contributed by atoms with Crippen LogP contribution < -0.4 is 4.90 Å². The number of anilines is 1. The monoisotopic (exact) mass is 392 g/mol. The number of hydrogen-bond acceptors (Lipinski definition) is 5. The Balaban J connectivity index is 1.97. The van der Waals surface area contributed by atoms with Crippen LogP contribution in [0.4, 0.5) is 5.95 Å². The summed E-state index contributed by atoms with van der Waals surface area (Å²) in [6, 6.07) is 10.9. The molecule has 0 radical (unpaired) electrons. The molecule has 0 saturated carbocycles. The number of benzene rings is 1. The van der Waals surface area contributed by atoms with E-state index in [9.17, 15) is 9.59 Å². The summed E-state index contributed by atoms with van der Waals surface area (Å²) in [5.74, 6) is -1.20. The van der Waals surface area contributed by atoms with Crippen LogP contribution in [-0.2, 0) is 14.3 Å². The molecule has 1 aromatic carbocycles. The average Bonchev–Trinajstić information content (AvgIpc) is 3.12. The molecule has 0 aliphatic carbocycles. The average molecular weight is 392 g/mol. The molecule has 0 fully saturated rings. The summed E-state index contributed by atoms with van der Waals surface area (Å²) in [6.45, 7) is 4.54. The fraction of sp³-hybridized carbons (Fsp3) is 0.364. The van der Waals surface area contributed by atoms with E-state index in [0.29, 0.717) is 12.5 Å². The molecule has 0 bridgehead atoms. The molecule has 2 atom stereocenters. The number of para-hydroxylation sites is 2. The van der Waals surface area contributed by atoms with Gasteiger partial charge in [-0.3, -0.25) is 19.5 Å². The van der Waals surface area contributed by atoms with Gasteiger partial charge in [0.15, 0.2) is 5.92 Å². The van der Waals surface area contributed by atoms with Gasteiger partial charge in [-0.1, -0.05) is 31.5 Å². The van der Waals surface area contributed by atoms with Crippen LogP contribution in [0.1, 0.15) is 38.3 Å². The van der Waals surface area contributed by atoms with Gasteiger partial charge in [0.05, 0.1) is 23.7 Å². The van der Waals surface area contributed by atoms with Gasteiger partial charge < -0.3 is 9.30 Å². The first-order valence-electron chi connectivity index (χ1n) is 10.0. The Morgan fingerprint density at radius 3 is 2.72 bits per heavy atom. The Bertz CT molecular complexity index is 1030. The molecule has 3 aromatic rings. The number of pyridine rings is 1. The molecule has 4 rings (SSSR count). The maximum atomic E-state index is 13.5. The smallest absolute Gasteiger partial charge is 0.321 e. The molecule has 1 aliphatic rings. The SMILES string of the molecule is CCCCN1C(=O)[C@@H](C(=O)OCC)[C@H](c2cccnc2)n2c1nc1ccccc12. The lowest BCUT2D eigenvalue weighted by Crippen LogP contribution is -2.50. The number of nitrogens with zero attached hydrogens (tertiary/aromatic N) is 4. The Morgan fingerprint density at radius 2 is 2.00 bits per heavy atom. The lowest BCUT2D eigenvalue weighted by molar-refractivity contribution is -0.153. The molecule has 29 heavy (non-hydrogen) atoms. The van der Waals surface area contributed by atoms with Crippen molar-refractivity contribution in [2.45, 2.75) is 32.7 Å². The predicted molar refractivity (Wildman–Crippen MR) is 109 cm³/mol. The van der Waals surface area contributed by atoms with E-state index in [4.69, 9.17) is 9.72 Å². The van der Waals surface area contributed by atoms with Gasteiger partial charge in [0.25, 0.3) is 0 Å². The van der Waals surface area contributed by atoms with Crippen molar-refractivity contribution < 1.29 is 14.3 Å². The summed E-state index contributed by atoms with van der Waals surface area (Å²) in [4.78, 5) is 37.1. The first kappa shape index (κ1) is 19.1. The number of carbonyl (C=O) groups excluding carboxylic acids is 2. The minimum absolute atomic E-state index is 0.217. The van der Waals surface area contributed by atoms with Gasteiger partial charge in [0.2, 0.25) is 11.9 Å². The summed E-state index contributed by atoms with van der Waals surface area (Å²) < 4.78 is 7.31. The van der Waals surface area contributed by atoms with Crippen LogP contribution in [0, 0.1) is 5.92 Å². The van der Waals surface area contributed by atoms with Gasteiger partial charge in [-0.05, 0) is 37.1 Å². The summed E-state index contributed by atoms with van der Waals surface area (Å²) >= 11 is 0. The topological polar surface area (TPSA) is 77.3 Å². The van der Waals surface area contributed by atoms with Crippen molar-refractivity contribution in [3.63, 3.8) is 0 Å². The van der Waals surface area contributed by atoms with E-state index in [1.54, 1.807) is 24.2 Å². The molecule has 1 amide bonds. The normalized spacial score (nSPS) is 18.7. The van der Waals surface area contributed by atoms with Gasteiger partial charge in [0.1, 0.15) is 0 Å². The lowest BCUT2D eigenvalue weighted by Gasteiger charge is -2.37. The van der Waals surface area contributed by atoms with Crippen LogP contribution in [0.3, 0.4) is 0 Å². The standard InChI is InChI=1S/C22H24N4O3/c1-3-5-13-25-20(27)18(21(28)29-4-2)19(15-9-8-12-23-14-15)26-17-11-7-6-10-16(17)24-22(25)26/h6-12,14,18-19H,3-5,13H2,1-2H3/t18-,19-/m0/s1. The van der Waals surface area contributed by atoms with Gasteiger partial charge in [0, 0.05) is 18.9 Å². The number of rotatable bonds is 6. The fourth-order valence-electron chi connectivity index (χ4n) is 3.93. The number of amides is 1. The number of imidazole rings is 1. The summed E-state index contributed by atoms with van der Waals surface area (Å²) in [7, 11) is 0. The Kier molecular flexibility index (Phi) is 5.29. The molecular formula is C22H24N4O3. The van der Waals surface area contributed by atoms with E-state index in [0.717, 1.165) is 29.4 Å². The molecule has 0 unspecified atom stereocenters. The number of ether oxygens (including phenoxy) is 1.